The van der Waals surface area contributed by atoms with Gasteiger partial charge in [-0.05, 0) is 86.7 Å². The zero-order valence-corrected chi connectivity index (χ0v) is 25.4. The Labute approximate surface area is 238 Å². The lowest BCUT2D eigenvalue weighted by Gasteiger charge is -2.31. The summed E-state index contributed by atoms with van der Waals surface area (Å²) in [5.74, 6) is -1.89. The summed E-state index contributed by atoms with van der Waals surface area (Å²) in [5, 5.41) is 15.4. The number of nitrogens with zero attached hydrogens (tertiary/aromatic N) is 1. The number of carbonyl (C=O) groups excluding carboxylic acids is 4. The largest absolute Gasteiger partial charge is 0.507 e. The molecular weight excluding hydrogens is 601 g/mol. The van der Waals surface area contributed by atoms with Gasteiger partial charge in [0.25, 0.3) is 0 Å². The Balaban J connectivity index is 2.40. The van der Waals surface area contributed by atoms with Crippen LogP contribution in [0.5, 0.6) is 5.75 Å². The lowest BCUT2D eigenvalue weighted by atomic mass is 9.95. The van der Waals surface area contributed by atoms with Crippen molar-refractivity contribution in [3.8, 4) is 5.75 Å². The molecule has 0 fully saturated rings. The predicted octanol–water partition coefficient (Wildman–Crippen LogP) is 3.32. The molecule has 9 nitrogen and oxygen atoms in total. The van der Waals surface area contributed by atoms with Crippen LogP contribution >= 0.6 is 22.6 Å². The number of phenols is 1. The summed E-state index contributed by atoms with van der Waals surface area (Å²) < 4.78 is 6.20. The standard InChI is InChI=1S/C28H40IN3O6/c1-15-10-16(2)12-18(4)38-28(37)20(6)31-26(35)23(14-21-8-9-24(33)22(29)13-21)32(7)27(36)19(5)30-25(34)17(3)11-15/h8-10,13,16-20,23,33H,11-12,14H2,1-7H3,(H,30,34)(H,31,35)/b15-10+/t16-,17+,18-,19-,20-,23+/m0/s1. The van der Waals surface area contributed by atoms with Crippen molar-refractivity contribution >= 4 is 46.3 Å². The van der Waals surface area contributed by atoms with E-state index in [-0.39, 0.29) is 36.0 Å². The predicted molar refractivity (Wildman–Crippen MR) is 153 cm³/mol. The van der Waals surface area contributed by atoms with Crippen molar-refractivity contribution in [2.75, 3.05) is 7.05 Å². The van der Waals surface area contributed by atoms with Crippen molar-refractivity contribution in [3.63, 3.8) is 0 Å². The average molecular weight is 642 g/mol. The summed E-state index contributed by atoms with van der Waals surface area (Å²) in [6, 6.07) is 2.17. The first-order valence-electron chi connectivity index (χ1n) is 12.9. The summed E-state index contributed by atoms with van der Waals surface area (Å²) >= 11 is 1.99. The summed E-state index contributed by atoms with van der Waals surface area (Å²) in [4.78, 5) is 53.7. The van der Waals surface area contributed by atoms with Crippen LogP contribution in [0.15, 0.2) is 29.8 Å². The minimum Gasteiger partial charge on any atom is -0.507 e. The molecule has 1 aromatic carbocycles. The number of cyclic esters (lactones) is 1. The molecule has 3 N–H and O–H groups in total. The Morgan fingerprint density at radius 1 is 1.03 bits per heavy atom. The molecule has 0 aromatic heterocycles. The molecule has 0 unspecified atom stereocenters. The SMILES string of the molecule is C/C1=C\[C@H](C)C[C@H](C)OC(=O)[C@H](C)NC(=O)[C@@H](Cc2ccc(O)c(I)c2)N(C)C(=O)[C@H](C)NC(=O)[C@H](C)C1. The molecule has 1 aromatic rings. The second-order valence-electron chi connectivity index (χ2n) is 10.5. The zero-order chi connectivity index (χ0) is 28.7. The molecule has 0 saturated carbocycles. The monoisotopic (exact) mass is 641 g/mol. The molecular formula is C28H40IN3O6. The number of rotatable bonds is 2. The number of ether oxygens (including phenoxy) is 1. The Bertz CT molecular complexity index is 1070. The molecule has 2 rings (SSSR count). The molecule has 210 valence electrons. The van der Waals surface area contributed by atoms with Crippen LogP contribution in [-0.2, 0) is 30.3 Å². The summed E-state index contributed by atoms with van der Waals surface area (Å²) in [6.45, 7) is 10.7. The Morgan fingerprint density at radius 3 is 2.29 bits per heavy atom. The highest BCUT2D eigenvalue weighted by molar-refractivity contribution is 14.1. The van der Waals surface area contributed by atoms with Gasteiger partial charge in [0.1, 0.15) is 23.9 Å². The van der Waals surface area contributed by atoms with Crippen molar-refractivity contribution < 1.29 is 29.0 Å². The van der Waals surface area contributed by atoms with Gasteiger partial charge in [0, 0.05) is 19.4 Å². The number of halogens is 1. The van der Waals surface area contributed by atoms with E-state index in [4.69, 9.17) is 4.74 Å². The number of phenolic OH excluding ortho intramolecular Hbond substituents is 1. The number of esters is 1. The van der Waals surface area contributed by atoms with Gasteiger partial charge in [-0.25, -0.2) is 4.79 Å². The molecule has 0 aliphatic carbocycles. The van der Waals surface area contributed by atoms with E-state index < -0.39 is 35.9 Å². The molecule has 6 atom stereocenters. The number of carbonyl (C=O) groups is 4. The van der Waals surface area contributed by atoms with Gasteiger partial charge in [0.05, 0.1) is 9.67 Å². The van der Waals surface area contributed by atoms with Crippen LogP contribution in [0.3, 0.4) is 0 Å². The van der Waals surface area contributed by atoms with Gasteiger partial charge in [-0.3, -0.25) is 14.4 Å². The lowest BCUT2D eigenvalue weighted by Crippen LogP contribution is -2.56. The van der Waals surface area contributed by atoms with Gasteiger partial charge in [-0.15, -0.1) is 0 Å². The molecule has 0 spiro atoms. The van der Waals surface area contributed by atoms with E-state index in [1.807, 2.05) is 50.3 Å². The van der Waals surface area contributed by atoms with Gasteiger partial charge >= 0.3 is 5.97 Å². The van der Waals surface area contributed by atoms with E-state index in [9.17, 15) is 24.3 Å². The number of hydrogen-bond acceptors (Lipinski definition) is 6. The first-order chi connectivity index (χ1) is 17.7. The average Bonchev–Trinajstić information content (AvgIpc) is 2.82. The lowest BCUT2D eigenvalue weighted by molar-refractivity contribution is -0.153. The fraction of sp³-hybridized carbons (Fsp3) is 0.571. The maximum atomic E-state index is 13.4. The van der Waals surface area contributed by atoms with Gasteiger partial charge in [0.15, 0.2) is 0 Å². The summed E-state index contributed by atoms with van der Waals surface area (Å²) in [7, 11) is 1.50. The van der Waals surface area contributed by atoms with E-state index in [0.29, 0.717) is 16.4 Å². The van der Waals surface area contributed by atoms with Gasteiger partial charge in [-0.2, -0.15) is 0 Å². The molecule has 0 bridgehead atoms. The number of hydrogen-bond donors (Lipinski definition) is 3. The third-order valence-electron chi connectivity index (χ3n) is 6.67. The first kappa shape index (κ1) is 31.6. The second kappa shape index (κ2) is 14.0. The van der Waals surface area contributed by atoms with Crippen LogP contribution in [0.1, 0.15) is 59.9 Å². The molecule has 10 heteroatoms. The van der Waals surface area contributed by atoms with E-state index in [1.165, 1.54) is 18.0 Å². The van der Waals surface area contributed by atoms with E-state index in [0.717, 1.165) is 11.1 Å². The highest BCUT2D eigenvalue weighted by Gasteiger charge is 2.33. The van der Waals surface area contributed by atoms with Crippen LogP contribution in [0, 0.1) is 15.4 Å². The van der Waals surface area contributed by atoms with Crippen LogP contribution < -0.4 is 10.6 Å². The van der Waals surface area contributed by atoms with Crippen LogP contribution in [0.4, 0.5) is 0 Å². The van der Waals surface area contributed by atoms with Crippen LogP contribution in [-0.4, -0.2) is 65.0 Å². The number of likely N-dealkylation sites (N-methyl/N-ethyl adjacent to an activating group) is 1. The smallest absolute Gasteiger partial charge is 0.328 e. The van der Waals surface area contributed by atoms with Crippen molar-refractivity contribution in [1.29, 1.82) is 0 Å². The summed E-state index contributed by atoms with van der Waals surface area (Å²) in [6.07, 6.45) is 2.96. The minimum absolute atomic E-state index is 0.114. The van der Waals surface area contributed by atoms with E-state index in [1.54, 1.807) is 26.0 Å². The number of aromatic hydroxyl groups is 1. The summed E-state index contributed by atoms with van der Waals surface area (Å²) in [5.41, 5.74) is 1.76. The maximum absolute atomic E-state index is 13.4. The Morgan fingerprint density at radius 2 is 1.66 bits per heavy atom. The van der Waals surface area contributed by atoms with Gasteiger partial charge in [0.2, 0.25) is 17.7 Å². The first-order valence-corrected chi connectivity index (χ1v) is 14.0. The number of allylic oxidation sites excluding steroid dienone is 2. The van der Waals surface area contributed by atoms with Crippen molar-refractivity contribution in [2.45, 2.75) is 85.0 Å². The second-order valence-corrected chi connectivity index (χ2v) is 11.7. The van der Waals surface area contributed by atoms with Crippen molar-refractivity contribution in [3.05, 3.63) is 39.0 Å². The maximum Gasteiger partial charge on any atom is 0.328 e. The van der Waals surface area contributed by atoms with Gasteiger partial charge in [-0.1, -0.05) is 31.6 Å². The molecule has 0 saturated heterocycles. The molecule has 0 radical (unpaired) electrons. The fourth-order valence-corrected chi connectivity index (χ4v) is 5.20. The highest BCUT2D eigenvalue weighted by atomic mass is 127. The molecule has 3 amide bonds. The van der Waals surface area contributed by atoms with Gasteiger partial charge < -0.3 is 25.4 Å². The van der Waals surface area contributed by atoms with Crippen molar-refractivity contribution in [2.24, 2.45) is 11.8 Å². The Hall–Kier alpha value is -2.63. The van der Waals surface area contributed by atoms with Crippen LogP contribution in [0.2, 0.25) is 0 Å². The van der Waals surface area contributed by atoms with E-state index in [2.05, 4.69) is 16.7 Å². The van der Waals surface area contributed by atoms with Crippen LogP contribution in [0.25, 0.3) is 0 Å². The third kappa shape index (κ3) is 8.99. The molecule has 1 heterocycles. The number of nitrogens with one attached hydrogen (secondary N) is 2. The Kier molecular flexibility index (Phi) is 11.6. The highest BCUT2D eigenvalue weighted by Crippen LogP contribution is 2.22. The number of amides is 3. The fourth-order valence-electron chi connectivity index (χ4n) is 4.62. The third-order valence-corrected chi connectivity index (χ3v) is 7.53. The normalized spacial score (nSPS) is 30.3. The van der Waals surface area contributed by atoms with E-state index >= 15 is 0 Å². The molecule has 1 aliphatic rings. The minimum atomic E-state index is -0.976. The van der Waals surface area contributed by atoms with Crippen molar-refractivity contribution in [1.82, 2.24) is 15.5 Å². The molecule has 1 aliphatic heterocycles. The zero-order valence-electron chi connectivity index (χ0n) is 23.2. The topological polar surface area (TPSA) is 125 Å². The molecule has 38 heavy (non-hydrogen) atoms. The number of benzene rings is 1. The quantitative estimate of drug-likeness (QED) is 0.259.